The molecule has 110 valence electrons. The molecule has 1 N–H and O–H groups in total. The maximum Gasteiger partial charge on any atom is 0.393 e. The van der Waals surface area contributed by atoms with Gasteiger partial charge in [0, 0.05) is 23.9 Å². The van der Waals surface area contributed by atoms with Crippen molar-refractivity contribution in [2.75, 3.05) is 0 Å². The Hall–Kier alpha value is -1.66. The summed E-state index contributed by atoms with van der Waals surface area (Å²) in [5.74, 6) is -3.08. The van der Waals surface area contributed by atoms with Crippen LogP contribution in [0.1, 0.15) is 36.0 Å². The van der Waals surface area contributed by atoms with Crippen molar-refractivity contribution in [3.05, 3.63) is 29.8 Å². The number of hydrogen-bond donors (Lipinski definition) is 1. The third-order valence-corrected chi connectivity index (χ3v) is 3.49. The second-order valence-corrected chi connectivity index (χ2v) is 4.88. The topological polar surface area (TPSA) is 42.0 Å². The molecule has 1 unspecified atom stereocenters. The van der Waals surface area contributed by atoms with Gasteiger partial charge in [-0.1, -0.05) is 12.8 Å². The van der Waals surface area contributed by atoms with Crippen molar-refractivity contribution in [3.63, 3.8) is 0 Å². The zero-order valence-corrected chi connectivity index (χ0v) is 10.6. The molecule has 1 saturated carbocycles. The van der Waals surface area contributed by atoms with Crippen LogP contribution in [0.4, 0.5) is 17.6 Å². The molecule has 1 heterocycles. The standard InChI is InChI=1S/C13H14F4N2O/c14-11-7-8(5-6-18-11)12(20)19-10-4-2-1-3-9(10)13(15,16)17/h5-7,9-10H,1-4H2,(H,19,20)/t9?,10-/m0/s1. The molecule has 3 nitrogen and oxygen atoms in total. The Labute approximate surface area is 113 Å². The number of rotatable bonds is 2. The van der Waals surface area contributed by atoms with Gasteiger partial charge in [0.2, 0.25) is 5.95 Å². The number of alkyl halides is 3. The second-order valence-electron chi connectivity index (χ2n) is 4.88. The number of nitrogens with zero attached hydrogens (tertiary/aromatic N) is 1. The van der Waals surface area contributed by atoms with E-state index >= 15 is 0 Å². The molecule has 0 aromatic carbocycles. The SMILES string of the molecule is O=C(N[C@H]1CCCCC1C(F)(F)F)c1ccnc(F)c1. The molecule has 1 aromatic rings. The minimum Gasteiger partial charge on any atom is -0.349 e. The first-order valence-electron chi connectivity index (χ1n) is 6.37. The van der Waals surface area contributed by atoms with E-state index in [1.807, 2.05) is 0 Å². The number of aromatic nitrogens is 1. The van der Waals surface area contributed by atoms with E-state index in [2.05, 4.69) is 10.3 Å². The minimum atomic E-state index is -4.33. The van der Waals surface area contributed by atoms with Crippen LogP contribution in [-0.2, 0) is 0 Å². The lowest BCUT2D eigenvalue weighted by atomic mass is 9.84. The number of halogens is 4. The Bertz CT molecular complexity index is 490. The fourth-order valence-electron chi connectivity index (χ4n) is 2.49. The maximum atomic E-state index is 12.9. The van der Waals surface area contributed by atoms with Crippen molar-refractivity contribution in [1.82, 2.24) is 10.3 Å². The van der Waals surface area contributed by atoms with Crippen LogP contribution in [-0.4, -0.2) is 23.1 Å². The van der Waals surface area contributed by atoms with Gasteiger partial charge in [-0.05, 0) is 18.9 Å². The van der Waals surface area contributed by atoms with Crippen molar-refractivity contribution >= 4 is 5.91 Å². The molecule has 7 heteroatoms. The number of carbonyl (C=O) groups excluding carboxylic acids is 1. The molecule has 0 bridgehead atoms. The Morgan fingerprint density at radius 2 is 2.00 bits per heavy atom. The fraction of sp³-hybridized carbons (Fsp3) is 0.538. The van der Waals surface area contributed by atoms with Crippen molar-refractivity contribution < 1.29 is 22.4 Å². The molecule has 0 aliphatic heterocycles. The molecule has 0 spiro atoms. The van der Waals surface area contributed by atoms with Crippen LogP contribution in [0.5, 0.6) is 0 Å². The molecule has 1 fully saturated rings. The van der Waals surface area contributed by atoms with Gasteiger partial charge in [-0.3, -0.25) is 4.79 Å². The van der Waals surface area contributed by atoms with Crippen LogP contribution < -0.4 is 5.32 Å². The Balaban J connectivity index is 2.09. The summed E-state index contributed by atoms with van der Waals surface area (Å²) in [4.78, 5) is 15.2. The van der Waals surface area contributed by atoms with E-state index in [0.29, 0.717) is 12.8 Å². The lowest BCUT2D eigenvalue weighted by Gasteiger charge is -2.33. The Kier molecular flexibility index (Phi) is 4.25. The van der Waals surface area contributed by atoms with Gasteiger partial charge >= 0.3 is 6.18 Å². The average Bonchev–Trinajstić information content (AvgIpc) is 2.38. The lowest BCUT2D eigenvalue weighted by Crippen LogP contribution is -2.47. The van der Waals surface area contributed by atoms with E-state index < -0.39 is 30.0 Å². The van der Waals surface area contributed by atoms with Crippen LogP contribution >= 0.6 is 0 Å². The van der Waals surface area contributed by atoms with Crippen molar-refractivity contribution in [2.45, 2.75) is 37.9 Å². The number of nitrogens with one attached hydrogen (secondary N) is 1. The van der Waals surface area contributed by atoms with Gasteiger partial charge in [-0.15, -0.1) is 0 Å². The van der Waals surface area contributed by atoms with Gasteiger partial charge in [0.25, 0.3) is 5.91 Å². The molecule has 0 radical (unpaired) electrons. The zero-order chi connectivity index (χ0) is 14.8. The van der Waals surface area contributed by atoms with Gasteiger partial charge in [0.05, 0.1) is 5.92 Å². The molecule has 0 saturated heterocycles. The molecule has 1 aromatic heterocycles. The van der Waals surface area contributed by atoms with Crippen LogP contribution in [0.3, 0.4) is 0 Å². The van der Waals surface area contributed by atoms with Crippen LogP contribution in [0.25, 0.3) is 0 Å². The van der Waals surface area contributed by atoms with E-state index in [9.17, 15) is 22.4 Å². The average molecular weight is 290 g/mol. The predicted octanol–water partition coefficient (Wildman–Crippen LogP) is 3.07. The van der Waals surface area contributed by atoms with E-state index in [1.54, 1.807) is 0 Å². The van der Waals surface area contributed by atoms with Crippen molar-refractivity contribution in [3.8, 4) is 0 Å². The van der Waals surface area contributed by atoms with Crippen LogP contribution in [0.2, 0.25) is 0 Å². The molecule has 1 aliphatic rings. The second kappa shape index (κ2) is 5.76. The fourth-order valence-corrected chi connectivity index (χ4v) is 2.49. The third-order valence-electron chi connectivity index (χ3n) is 3.49. The molecular weight excluding hydrogens is 276 g/mol. The Morgan fingerprint density at radius 3 is 2.65 bits per heavy atom. The van der Waals surface area contributed by atoms with Crippen LogP contribution in [0, 0.1) is 11.9 Å². The highest BCUT2D eigenvalue weighted by Gasteiger charge is 2.45. The van der Waals surface area contributed by atoms with E-state index in [1.165, 1.54) is 6.07 Å². The zero-order valence-electron chi connectivity index (χ0n) is 10.6. The van der Waals surface area contributed by atoms with E-state index in [0.717, 1.165) is 12.3 Å². The highest BCUT2D eigenvalue weighted by Crippen LogP contribution is 2.37. The molecule has 2 rings (SSSR count). The monoisotopic (exact) mass is 290 g/mol. The summed E-state index contributed by atoms with van der Waals surface area (Å²) in [5, 5.41) is 2.37. The van der Waals surface area contributed by atoms with Gasteiger partial charge in [-0.2, -0.15) is 17.6 Å². The lowest BCUT2D eigenvalue weighted by molar-refractivity contribution is -0.187. The van der Waals surface area contributed by atoms with Gasteiger partial charge in [0.15, 0.2) is 0 Å². The summed E-state index contributed by atoms with van der Waals surface area (Å²) in [5.41, 5.74) is -0.0241. The molecule has 1 aliphatic carbocycles. The first-order chi connectivity index (χ1) is 9.38. The molecule has 2 atom stereocenters. The number of pyridine rings is 1. The number of carbonyl (C=O) groups is 1. The van der Waals surface area contributed by atoms with Gasteiger partial charge < -0.3 is 5.32 Å². The normalized spacial score (nSPS) is 23.4. The van der Waals surface area contributed by atoms with E-state index in [4.69, 9.17) is 0 Å². The predicted molar refractivity (Wildman–Crippen MR) is 63.5 cm³/mol. The smallest absolute Gasteiger partial charge is 0.349 e. The summed E-state index contributed by atoms with van der Waals surface area (Å²) in [7, 11) is 0. The summed E-state index contributed by atoms with van der Waals surface area (Å²) in [6.45, 7) is 0. The van der Waals surface area contributed by atoms with Gasteiger partial charge in [-0.25, -0.2) is 4.98 Å². The van der Waals surface area contributed by atoms with Crippen molar-refractivity contribution in [1.29, 1.82) is 0 Å². The third kappa shape index (κ3) is 3.46. The first-order valence-corrected chi connectivity index (χ1v) is 6.37. The summed E-state index contributed by atoms with van der Waals surface area (Å²) >= 11 is 0. The molecule has 1 amide bonds. The first kappa shape index (κ1) is 14.7. The summed E-state index contributed by atoms with van der Waals surface area (Å²) in [6.07, 6.45) is -1.79. The van der Waals surface area contributed by atoms with Crippen LogP contribution in [0.15, 0.2) is 18.3 Å². The highest BCUT2D eigenvalue weighted by atomic mass is 19.4. The summed E-state index contributed by atoms with van der Waals surface area (Å²) < 4.78 is 51.6. The van der Waals surface area contributed by atoms with Gasteiger partial charge in [0.1, 0.15) is 0 Å². The highest BCUT2D eigenvalue weighted by molar-refractivity contribution is 5.94. The summed E-state index contributed by atoms with van der Waals surface area (Å²) in [6, 6.07) is 1.22. The quantitative estimate of drug-likeness (QED) is 0.672. The molecule has 20 heavy (non-hydrogen) atoms. The maximum absolute atomic E-state index is 12.9. The number of amides is 1. The minimum absolute atomic E-state index is 0.0130. The number of hydrogen-bond acceptors (Lipinski definition) is 2. The Morgan fingerprint density at radius 1 is 1.30 bits per heavy atom. The molecular formula is C13H14F4N2O. The largest absolute Gasteiger partial charge is 0.393 e. The van der Waals surface area contributed by atoms with Crippen molar-refractivity contribution in [2.24, 2.45) is 5.92 Å². The van der Waals surface area contributed by atoms with E-state index in [-0.39, 0.29) is 18.4 Å².